The molecule has 0 atom stereocenters. The molecule has 9 heteroatoms. The summed E-state index contributed by atoms with van der Waals surface area (Å²) >= 11 is 1.38. The van der Waals surface area contributed by atoms with E-state index in [1.807, 2.05) is 31.2 Å². The maximum Gasteiger partial charge on any atom is 0.275 e. The van der Waals surface area contributed by atoms with E-state index in [-0.39, 0.29) is 17.3 Å². The number of benzene rings is 2. The lowest BCUT2D eigenvalue weighted by atomic mass is 10.2. The molecule has 0 aliphatic rings. The summed E-state index contributed by atoms with van der Waals surface area (Å²) in [6.45, 7) is 2.01. The highest BCUT2D eigenvalue weighted by Crippen LogP contribution is 2.29. The fraction of sp³-hybridized carbons (Fsp3) is 0.158. The first-order valence-corrected chi connectivity index (χ1v) is 11.0. The molecule has 0 spiro atoms. The van der Waals surface area contributed by atoms with Gasteiger partial charge in [-0.05, 0) is 25.1 Å². The minimum Gasteiger partial charge on any atom is -0.495 e. The Labute approximate surface area is 167 Å². The molecular weight excluding hydrogens is 398 g/mol. The van der Waals surface area contributed by atoms with Gasteiger partial charge in [0, 0.05) is 16.6 Å². The normalized spacial score (nSPS) is 11.1. The van der Waals surface area contributed by atoms with Crippen LogP contribution < -0.4 is 14.8 Å². The van der Waals surface area contributed by atoms with E-state index in [1.54, 1.807) is 17.5 Å². The summed E-state index contributed by atoms with van der Waals surface area (Å²) in [6, 6.07) is 12.6. The first-order chi connectivity index (χ1) is 13.2. The summed E-state index contributed by atoms with van der Waals surface area (Å²) in [5.74, 6) is -0.0381. The van der Waals surface area contributed by atoms with Gasteiger partial charge in [-0.3, -0.25) is 9.52 Å². The fourth-order valence-electron chi connectivity index (χ4n) is 2.47. The predicted octanol–water partition coefficient (Wildman–Crippen LogP) is 3.75. The van der Waals surface area contributed by atoms with Crippen LogP contribution in [-0.4, -0.2) is 32.7 Å². The molecule has 0 aliphatic carbocycles. The van der Waals surface area contributed by atoms with Gasteiger partial charge in [0.2, 0.25) is 10.0 Å². The van der Waals surface area contributed by atoms with Crippen molar-refractivity contribution in [3.8, 4) is 16.3 Å². The second-order valence-corrected chi connectivity index (χ2v) is 8.75. The maximum absolute atomic E-state index is 12.5. The van der Waals surface area contributed by atoms with Crippen LogP contribution in [0.25, 0.3) is 10.6 Å². The van der Waals surface area contributed by atoms with Crippen molar-refractivity contribution in [2.24, 2.45) is 0 Å². The predicted molar refractivity (Wildman–Crippen MR) is 112 cm³/mol. The Hall–Kier alpha value is -2.91. The van der Waals surface area contributed by atoms with Crippen molar-refractivity contribution in [3.63, 3.8) is 0 Å². The van der Waals surface area contributed by atoms with Gasteiger partial charge in [0.15, 0.2) is 0 Å². The SMILES string of the molecule is COc1ccc(NC(=O)c2csc(-c3ccc(C)cc3)n2)cc1NS(C)(=O)=O. The van der Waals surface area contributed by atoms with Crippen LogP contribution in [0.2, 0.25) is 0 Å². The summed E-state index contributed by atoms with van der Waals surface area (Å²) in [7, 11) is -2.06. The molecule has 7 nitrogen and oxygen atoms in total. The molecule has 2 aromatic carbocycles. The molecule has 0 fully saturated rings. The molecule has 3 rings (SSSR count). The number of thiazole rings is 1. The van der Waals surface area contributed by atoms with Gasteiger partial charge in [-0.15, -0.1) is 11.3 Å². The van der Waals surface area contributed by atoms with Crippen LogP contribution in [0.4, 0.5) is 11.4 Å². The van der Waals surface area contributed by atoms with Gasteiger partial charge in [0.05, 0.1) is 19.1 Å². The Bertz CT molecular complexity index is 1110. The molecule has 146 valence electrons. The number of ether oxygens (including phenoxy) is 1. The third-order valence-electron chi connectivity index (χ3n) is 3.79. The van der Waals surface area contributed by atoms with Gasteiger partial charge in [0.1, 0.15) is 16.5 Å². The van der Waals surface area contributed by atoms with E-state index < -0.39 is 10.0 Å². The number of nitrogens with zero attached hydrogens (tertiary/aromatic N) is 1. The zero-order chi connectivity index (χ0) is 20.3. The number of anilines is 2. The number of aromatic nitrogens is 1. The van der Waals surface area contributed by atoms with Crippen LogP contribution in [-0.2, 0) is 10.0 Å². The lowest BCUT2D eigenvalue weighted by Crippen LogP contribution is -2.14. The molecule has 0 bridgehead atoms. The number of hydrogen-bond acceptors (Lipinski definition) is 6. The zero-order valence-electron chi connectivity index (χ0n) is 15.5. The van der Waals surface area contributed by atoms with Crippen molar-refractivity contribution in [1.82, 2.24) is 4.98 Å². The van der Waals surface area contributed by atoms with Crippen LogP contribution >= 0.6 is 11.3 Å². The number of aryl methyl sites for hydroxylation is 1. The van der Waals surface area contributed by atoms with Crippen molar-refractivity contribution < 1.29 is 17.9 Å². The summed E-state index contributed by atoms with van der Waals surface area (Å²) < 4.78 is 30.6. The Morgan fingerprint density at radius 2 is 1.86 bits per heavy atom. The van der Waals surface area contributed by atoms with Gasteiger partial charge < -0.3 is 10.1 Å². The monoisotopic (exact) mass is 417 g/mol. The van der Waals surface area contributed by atoms with Gasteiger partial charge in [-0.1, -0.05) is 29.8 Å². The average Bonchev–Trinajstić information content (AvgIpc) is 3.11. The highest BCUT2D eigenvalue weighted by molar-refractivity contribution is 7.92. The number of carbonyl (C=O) groups is 1. The van der Waals surface area contributed by atoms with Crippen molar-refractivity contribution in [2.75, 3.05) is 23.4 Å². The third kappa shape index (κ3) is 4.87. The molecule has 1 heterocycles. The molecule has 0 aliphatic heterocycles. The second kappa shape index (κ2) is 7.99. The quantitative estimate of drug-likeness (QED) is 0.637. The number of hydrogen-bond donors (Lipinski definition) is 2. The summed E-state index contributed by atoms with van der Waals surface area (Å²) in [5.41, 5.74) is 3.03. The molecule has 1 amide bonds. The number of carbonyl (C=O) groups excluding carboxylic acids is 1. The molecule has 3 aromatic rings. The number of nitrogens with one attached hydrogen (secondary N) is 2. The first-order valence-electron chi connectivity index (χ1n) is 8.25. The van der Waals surface area contributed by atoms with E-state index in [9.17, 15) is 13.2 Å². The van der Waals surface area contributed by atoms with E-state index >= 15 is 0 Å². The molecule has 28 heavy (non-hydrogen) atoms. The molecule has 0 saturated heterocycles. The van der Waals surface area contributed by atoms with Gasteiger partial charge in [-0.25, -0.2) is 13.4 Å². The lowest BCUT2D eigenvalue weighted by molar-refractivity contribution is 0.102. The Balaban J connectivity index is 1.79. The van der Waals surface area contributed by atoms with Gasteiger partial charge in [0.25, 0.3) is 5.91 Å². The lowest BCUT2D eigenvalue weighted by Gasteiger charge is -2.12. The van der Waals surface area contributed by atoms with Crippen molar-refractivity contribution in [1.29, 1.82) is 0 Å². The maximum atomic E-state index is 12.5. The van der Waals surface area contributed by atoms with E-state index in [1.165, 1.54) is 24.5 Å². The molecular formula is C19H19N3O4S2. The van der Waals surface area contributed by atoms with E-state index in [2.05, 4.69) is 15.0 Å². The van der Waals surface area contributed by atoms with E-state index in [0.29, 0.717) is 11.4 Å². The number of sulfonamides is 1. The van der Waals surface area contributed by atoms with Crippen LogP contribution in [0, 0.1) is 6.92 Å². The fourth-order valence-corrected chi connectivity index (χ4v) is 3.83. The summed E-state index contributed by atoms with van der Waals surface area (Å²) in [6.07, 6.45) is 1.04. The largest absolute Gasteiger partial charge is 0.495 e. The van der Waals surface area contributed by atoms with Crippen LogP contribution in [0.5, 0.6) is 5.75 Å². The average molecular weight is 418 g/mol. The van der Waals surface area contributed by atoms with Crippen molar-refractivity contribution >= 4 is 38.6 Å². The highest BCUT2D eigenvalue weighted by atomic mass is 32.2. The van der Waals surface area contributed by atoms with Crippen LogP contribution in [0.3, 0.4) is 0 Å². The smallest absolute Gasteiger partial charge is 0.275 e. The Morgan fingerprint density at radius 3 is 2.50 bits per heavy atom. The first kappa shape index (κ1) is 19.8. The molecule has 0 unspecified atom stereocenters. The van der Waals surface area contributed by atoms with Crippen LogP contribution in [0.15, 0.2) is 47.8 Å². The highest BCUT2D eigenvalue weighted by Gasteiger charge is 2.14. The molecule has 0 saturated carbocycles. The van der Waals surface area contributed by atoms with E-state index in [4.69, 9.17) is 4.74 Å². The molecule has 2 N–H and O–H groups in total. The molecule has 1 aromatic heterocycles. The topological polar surface area (TPSA) is 97.4 Å². The summed E-state index contributed by atoms with van der Waals surface area (Å²) in [4.78, 5) is 16.9. The Morgan fingerprint density at radius 1 is 1.14 bits per heavy atom. The van der Waals surface area contributed by atoms with Crippen LogP contribution in [0.1, 0.15) is 16.1 Å². The van der Waals surface area contributed by atoms with Crippen molar-refractivity contribution in [2.45, 2.75) is 6.92 Å². The Kier molecular flexibility index (Phi) is 5.66. The minimum atomic E-state index is -3.49. The van der Waals surface area contributed by atoms with E-state index in [0.717, 1.165) is 22.4 Å². The van der Waals surface area contributed by atoms with Crippen molar-refractivity contribution in [3.05, 3.63) is 59.1 Å². The van der Waals surface area contributed by atoms with Gasteiger partial charge in [-0.2, -0.15) is 0 Å². The zero-order valence-corrected chi connectivity index (χ0v) is 17.1. The second-order valence-electron chi connectivity index (χ2n) is 6.15. The number of methoxy groups -OCH3 is 1. The third-order valence-corrected chi connectivity index (χ3v) is 5.27. The molecule has 0 radical (unpaired) electrons. The summed E-state index contributed by atoms with van der Waals surface area (Å²) in [5, 5.41) is 5.16. The minimum absolute atomic E-state index is 0.237. The number of amides is 1. The number of rotatable bonds is 6. The van der Waals surface area contributed by atoms with Gasteiger partial charge >= 0.3 is 0 Å². The standard InChI is InChI=1S/C19H19N3O4S2/c1-12-4-6-13(7-5-12)19-21-16(11-27-19)18(23)20-14-8-9-17(26-2)15(10-14)22-28(3,24)25/h4-11,22H,1-3H3,(H,20,23).